The first kappa shape index (κ1) is 54.1. The molecule has 0 amide bonds. The van der Waals surface area contributed by atoms with Gasteiger partial charge in [-0.05, 0) is 83.1 Å². The number of fused-ring (bicyclic) bond motifs is 1. The maximum atomic E-state index is 12.8. The van der Waals surface area contributed by atoms with Crippen LogP contribution in [0.5, 0.6) is 0 Å². The van der Waals surface area contributed by atoms with Gasteiger partial charge >= 0.3 is 11.9 Å². The first-order chi connectivity index (χ1) is 29.8. The summed E-state index contributed by atoms with van der Waals surface area (Å²) in [5, 5.41) is 9.42. The lowest BCUT2D eigenvalue weighted by atomic mass is 10.1. The summed E-state index contributed by atoms with van der Waals surface area (Å²) < 4.78 is 36.1. The number of esters is 2. The van der Waals surface area contributed by atoms with E-state index in [9.17, 15) is 24.2 Å². The van der Waals surface area contributed by atoms with Gasteiger partial charge in [0.15, 0.2) is 6.10 Å². The first-order valence-corrected chi connectivity index (χ1v) is 25.2. The van der Waals surface area contributed by atoms with Gasteiger partial charge in [0.1, 0.15) is 26.2 Å². The number of nitrogens with zero attached hydrogens (tertiary/aromatic N) is 2. The number of unbranched alkanes of at least 4 members (excludes halogenated alkanes) is 16. The Hall–Kier alpha value is -3.08. The minimum atomic E-state index is -4.75. The van der Waals surface area contributed by atoms with E-state index in [1.807, 2.05) is 27.8 Å². The van der Waals surface area contributed by atoms with Crippen LogP contribution in [0.25, 0.3) is 0 Å². The molecule has 1 aromatic rings. The number of ether oxygens (including phenoxy) is 2. The van der Waals surface area contributed by atoms with Crippen LogP contribution in [0.2, 0.25) is 0 Å². The molecule has 0 saturated heterocycles. The third-order valence-electron chi connectivity index (χ3n) is 10.6. The van der Waals surface area contributed by atoms with Crippen molar-refractivity contribution >= 4 is 25.6 Å². The second kappa shape index (κ2) is 36.4. The number of aliphatic hydroxyl groups excluding tert-OH is 1. The molecule has 0 aliphatic carbocycles. The molecule has 1 aliphatic heterocycles. The zero-order chi connectivity index (χ0) is 44.1. The fourth-order valence-electron chi connectivity index (χ4n) is 6.97. The highest BCUT2D eigenvalue weighted by Crippen LogP contribution is 2.38. The molecule has 0 spiro atoms. The zero-order valence-electron chi connectivity index (χ0n) is 37.9. The van der Waals surface area contributed by atoms with E-state index in [1.54, 1.807) is 0 Å². The van der Waals surface area contributed by atoms with Gasteiger partial charge in [0, 0.05) is 24.5 Å². The number of phosphoric ester groups is 1. The summed E-state index contributed by atoms with van der Waals surface area (Å²) in [5.74, 6) is -0.00251. The monoisotopic (exact) mass is 873 g/mol. The van der Waals surface area contributed by atoms with E-state index in [1.165, 1.54) is 44.9 Å². The number of carbonyl (C=O) groups excluding carboxylic acids is 2. The van der Waals surface area contributed by atoms with Gasteiger partial charge in [-0.25, -0.2) is 4.57 Å². The molecule has 346 valence electrons. The summed E-state index contributed by atoms with van der Waals surface area (Å²) in [6.45, 7) is 5.14. The normalized spacial score (nSPS) is 14.5. The summed E-state index contributed by atoms with van der Waals surface area (Å²) in [6, 6.07) is 3.71. The minimum Gasteiger partial charge on any atom is -0.756 e. The van der Waals surface area contributed by atoms with Crippen molar-refractivity contribution in [3.05, 3.63) is 72.5 Å². The maximum absolute atomic E-state index is 12.8. The Kier molecular flexibility index (Phi) is 32.3. The quantitative estimate of drug-likeness (QED) is 0.0224. The van der Waals surface area contributed by atoms with Gasteiger partial charge in [-0.3, -0.25) is 19.1 Å². The molecule has 0 fully saturated rings. The Bertz CT molecular complexity index is 1460. The predicted octanol–water partition coefficient (Wildman–Crippen LogP) is 10.9. The number of phosphoric acid groups is 1. The molecule has 2 rings (SSSR count). The molecule has 1 N–H and O–H groups in total. The molecule has 2 atom stereocenters. The number of hydrogen-bond acceptors (Lipinski definition) is 10. The number of hydrogen-bond donors (Lipinski definition) is 1. The van der Waals surface area contributed by atoms with Crippen LogP contribution in [0.15, 0.2) is 66.9 Å². The van der Waals surface area contributed by atoms with Gasteiger partial charge in [-0.2, -0.15) is 0 Å². The number of anilines is 1. The van der Waals surface area contributed by atoms with E-state index >= 15 is 0 Å². The second-order valence-electron chi connectivity index (χ2n) is 16.1. The molecule has 0 radical (unpaired) electrons. The molecule has 0 aromatic carbocycles. The highest BCUT2D eigenvalue weighted by atomic mass is 31.2. The summed E-state index contributed by atoms with van der Waals surface area (Å²) >= 11 is 0. The van der Waals surface area contributed by atoms with Crippen molar-refractivity contribution in [3.8, 4) is 0 Å². The molecule has 0 saturated carbocycles. The number of pyridine rings is 1. The molecular weight excluding hydrogens is 792 g/mol. The molecule has 2 unspecified atom stereocenters. The molecule has 2 heterocycles. The average molecular weight is 873 g/mol. The Morgan fingerprint density at radius 1 is 0.721 bits per heavy atom. The van der Waals surface area contributed by atoms with E-state index < -0.39 is 32.5 Å². The zero-order valence-corrected chi connectivity index (χ0v) is 38.8. The smallest absolute Gasteiger partial charge is 0.306 e. The van der Waals surface area contributed by atoms with Crippen LogP contribution in [0, 0.1) is 0 Å². The molecule has 11 nitrogen and oxygen atoms in total. The third kappa shape index (κ3) is 29.0. The van der Waals surface area contributed by atoms with Crippen molar-refractivity contribution in [3.63, 3.8) is 0 Å². The van der Waals surface area contributed by atoms with Crippen molar-refractivity contribution < 1.29 is 47.2 Å². The molecule has 12 heteroatoms. The van der Waals surface area contributed by atoms with Gasteiger partial charge in [0.2, 0.25) is 0 Å². The molecule has 1 aromatic heterocycles. The minimum absolute atomic E-state index is 0.0532. The fourth-order valence-corrected chi connectivity index (χ4v) is 7.70. The van der Waals surface area contributed by atoms with Gasteiger partial charge in [-0.15, -0.1) is 0 Å². The van der Waals surface area contributed by atoms with Crippen LogP contribution in [-0.2, 0) is 45.8 Å². The highest BCUT2D eigenvalue weighted by molar-refractivity contribution is 7.45. The van der Waals surface area contributed by atoms with Crippen LogP contribution < -0.4 is 14.4 Å². The number of rotatable bonds is 39. The Morgan fingerprint density at radius 3 is 1.80 bits per heavy atom. The van der Waals surface area contributed by atoms with Crippen molar-refractivity contribution in [2.75, 3.05) is 37.8 Å². The van der Waals surface area contributed by atoms with E-state index in [2.05, 4.69) is 62.5 Å². The van der Waals surface area contributed by atoms with E-state index in [0.717, 1.165) is 94.9 Å². The fraction of sp³-hybridized carbons (Fsp3) is 0.694. The lowest BCUT2D eigenvalue weighted by Crippen LogP contribution is -2.32. The van der Waals surface area contributed by atoms with Crippen LogP contribution in [-0.4, -0.2) is 56.1 Å². The summed E-state index contributed by atoms with van der Waals surface area (Å²) in [5.41, 5.74) is 0.799. The van der Waals surface area contributed by atoms with E-state index in [-0.39, 0.29) is 32.7 Å². The molecule has 1 aliphatic rings. The number of aromatic nitrogens is 1. The Morgan fingerprint density at radius 2 is 1.25 bits per heavy atom. The number of allylic oxidation sites excluding steroid dienone is 8. The molecular formula is C49H81N2O9P. The lowest BCUT2D eigenvalue weighted by molar-refractivity contribution is -0.671. The summed E-state index contributed by atoms with van der Waals surface area (Å²) in [4.78, 5) is 40.1. The summed E-state index contributed by atoms with van der Waals surface area (Å²) in [7, 11) is -4.75. The van der Waals surface area contributed by atoms with Gasteiger partial charge in [0.25, 0.3) is 13.6 Å². The van der Waals surface area contributed by atoms with E-state index in [0.29, 0.717) is 32.5 Å². The lowest BCUT2D eigenvalue weighted by Gasteiger charge is -2.26. The van der Waals surface area contributed by atoms with Crippen molar-refractivity contribution in [1.82, 2.24) is 0 Å². The predicted molar refractivity (Wildman–Crippen MR) is 244 cm³/mol. The maximum Gasteiger partial charge on any atom is 0.306 e. The van der Waals surface area contributed by atoms with Crippen molar-refractivity contribution in [2.45, 2.75) is 187 Å². The first-order valence-electron chi connectivity index (χ1n) is 23.7. The van der Waals surface area contributed by atoms with Gasteiger partial charge in [-0.1, -0.05) is 127 Å². The largest absolute Gasteiger partial charge is 0.756 e. The Balaban J connectivity index is 1.71. The van der Waals surface area contributed by atoms with Crippen molar-refractivity contribution in [2.24, 2.45) is 0 Å². The second-order valence-corrected chi connectivity index (χ2v) is 17.5. The average Bonchev–Trinajstić information content (AvgIpc) is 3.66. The SMILES string of the molecule is CCCCC/C=C\C/C=C\CCCCCCCC(=O)OCC(COP(=O)([O-])OCCN1CC[n+]2cc(CO)ccc21)OC(=O)CCCCCCC/C=C\C/C=C\CCCCC. The summed E-state index contributed by atoms with van der Waals surface area (Å²) in [6.07, 6.45) is 42.8. The van der Waals surface area contributed by atoms with Crippen molar-refractivity contribution in [1.29, 1.82) is 0 Å². The standard InChI is InChI=1S/C49H81N2O9P/c1-3-5-7-9-11-13-15-17-19-21-23-25-27-29-31-33-48(53)57-43-46(60-49(54)34-32-30-28-26-24-22-20-18-16-14-12-10-8-6-4-2)44-59-61(55,56)58-40-39-50-37-38-51-41-45(42-52)35-36-47(50)51/h11-14,17-20,35-36,41,46,52H,3-10,15-16,21-34,37-40,42-44H2,1-2H3/b13-11-,14-12-,19-17-,20-18-. The molecule has 61 heavy (non-hydrogen) atoms. The third-order valence-corrected chi connectivity index (χ3v) is 11.6. The Labute approximate surface area is 369 Å². The van der Waals surface area contributed by atoms with E-state index in [4.69, 9.17) is 18.5 Å². The van der Waals surface area contributed by atoms with Crippen LogP contribution in [0.1, 0.15) is 174 Å². The number of carbonyl (C=O) groups is 2. The van der Waals surface area contributed by atoms with Crippen LogP contribution in [0.4, 0.5) is 5.82 Å². The van der Waals surface area contributed by atoms with Crippen LogP contribution >= 0.6 is 7.82 Å². The number of aliphatic hydroxyl groups is 1. The topological polar surface area (TPSA) is 139 Å². The highest BCUT2D eigenvalue weighted by Gasteiger charge is 2.28. The van der Waals surface area contributed by atoms with Crippen LogP contribution in [0.3, 0.4) is 0 Å². The van der Waals surface area contributed by atoms with Gasteiger partial charge < -0.3 is 28.5 Å². The van der Waals surface area contributed by atoms with Gasteiger partial charge in [0.05, 0.1) is 26.0 Å². The molecule has 0 bridgehead atoms.